The molecule has 88 valence electrons. The number of hydrogen-bond donors (Lipinski definition) is 2. The summed E-state index contributed by atoms with van der Waals surface area (Å²) in [6.07, 6.45) is 0. The fourth-order valence-electron chi connectivity index (χ4n) is 2.33. The second kappa shape index (κ2) is 4.85. The lowest BCUT2D eigenvalue weighted by Gasteiger charge is -2.26. The molecule has 1 aliphatic heterocycles. The summed E-state index contributed by atoms with van der Waals surface area (Å²) in [4.78, 5) is 2.33. The summed E-state index contributed by atoms with van der Waals surface area (Å²) in [6.45, 7) is 5.55. The largest absolute Gasteiger partial charge is 0.374 e. The van der Waals surface area contributed by atoms with Crippen molar-refractivity contribution < 1.29 is 0 Å². The van der Waals surface area contributed by atoms with E-state index >= 15 is 0 Å². The van der Waals surface area contributed by atoms with Crippen LogP contribution in [0.3, 0.4) is 0 Å². The Kier molecular flexibility index (Phi) is 3.46. The van der Waals surface area contributed by atoms with Crippen LogP contribution < -0.4 is 15.8 Å². The summed E-state index contributed by atoms with van der Waals surface area (Å²) in [5.41, 5.74) is 7.88. The molecule has 2 atom stereocenters. The number of rotatable bonds is 3. The third kappa shape index (κ3) is 2.36. The highest BCUT2D eigenvalue weighted by Gasteiger charge is 2.30. The van der Waals surface area contributed by atoms with E-state index in [4.69, 9.17) is 0 Å². The molecule has 1 saturated heterocycles. The van der Waals surface area contributed by atoms with E-state index in [0.717, 1.165) is 6.54 Å². The molecule has 0 aliphatic carbocycles. The Morgan fingerprint density at radius 3 is 2.19 bits per heavy atom. The smallest absolute Gasteiger partial charge is 0.0363 e. The predicted octanol–water partition coefficient (Wildman–Crippen LogP) is 1.62. The normalized spacial score (nSPS) is 29.3. The Morgan fingerprint density at radius 2 is 1.62 bits per heavy atom. The highest BCUT2D eigenvalue weighted by Crippen LogP contribution is 2.19. The fraction of sp³-hybridized carbons (Fsp3) is 0.538. The fourth-order valence-corrected chi connectivity index (χ4v) is 2.33. The summed E-state index contributed by atoms with van der Waals surface area (Å²) >= 11 is 0. The topological polar surface area (TPSA) is 27.3 Å². The maximum Gasteiger partial charge on any atom is 0.0363 e. The van der Waals surface area contributed by atoms with Crippen LogP contribution in [0.5, 0.6) is 0 Å². The van der Waals surface area contributed by atoms with Crippen molar-refractivity contribution in [2.75, 3.05) is 18.5 Å². The molecule has 1 fully saturated rings. The lowest BCUT2D eigenvalue weighted by Crippen LogP contribution is -2.35. The SMILES string of the molecule is CC1NNC(C)C1CN(C)c1ccccc1. The molecule has 1 aromatic carbocycles. The van der Waals surface area contributed by atoms with Crippen molar-refractivity contribution in [2.45, 2.75) is 25.9 Å². The van der Waals surface area contributed by atoms with E-state index in [2.05, 4.69) is 67.0 Å². The summed E-state index contributed by atoms with van der Waals surface area (Å²) in [5, 5.41) is 0. The van der Waals surface area contributed by atoms with Gasteiger partial charge in [-0.3, -0.25) is 10.9 Å². The zero-order valence-corrected chi connectivity index (χ0v) is 10.3. The quantitative estimate of drug-likeness (QED) is 0.809. The van der Waals surface area contributed by atoms with Crippen molar-refractivity contribution in [3.05, 3.63) is 30.3 Å². The lowest BCUT2D eigenvalue weighted by molar-refractivity contribution is 0.447. The van der Waals surface area contributed by atoms with E-state index in [9.17, 15) is 0 Å². The van der Waals surface area contributed by atoms with Gasteiger partial charge in [-0.25, -0.2) is 0 Å². The zero-order chi connectivity index (χ0) is 11.5. The van der Waals surface area contributed by atoms with Gasteiger partial charge in [0.05, 0.1) is 0 Å². The minimum Gasteiger partial charge on any atom is -0.374 e. The van der Waals surface area contributed by atoms with Crippen molar-refractivity contribution in [1.82, 2.24) is 10.9 Å². The molecule has 0 bridgehead atoms. The number of para-hydroxylation sites is 1. The number of nitrogens with one attached hydrogen (secondary N) is 2. The van der Waals surface area contributed by atoms with Crippen molar-refractivity contribution >= 4 is 5.69 Å². The van der Waals surface area contributed by atoms with Gasteiger partial charge in [0, 0.05) is 37.3 Å². The Balaban J connectivity index is 1.99. The van der Waals surface area contributed by atoms with E-state index in [-0.39, 0.29) is 0 Å². The molecule has 2 unspecified atom stereocenters. The highest BCUT2D eigenvalue weighted by molar-refractivity contribution is 5.45. The van der Waals surface area contributed by atoms with Crippen molar-refractivity contribution in [3.8, 4) is 0 Å². The summed E-state index contributed by atoms with van der Waals surface area (Å²) < 4.78 is 0. The van der Waals surface area contributed by atoms with Crippen LogP contribution >= 0.6 is 0 Å². The number of anilines is 1. The molecule has 0 amide bonds. The molecule has 1 aromatic rings. The first-order chi connectivity index (χ1) is 7.68. The van der Waals surface area contributed by atoms with Crippen LogP contribution in [0, 0.1) is 5.92 Å². The lowest BCUT2D eigenvalue weighted by atomic mass is 9.96. The Hall–Kier alpha value is -1.06. The predicted molar refractivity (Wildman–Crippen MR) is 68.4 cm³/mol. The zero-order valence-electron chi connectivity index (χ0n) is 10.3. The van der Waals surface area contributed by atoms with Crippen molar-refractivity contribution in [1.29, 1.82) is 0 Å². The second-order valence-corrected chi connectivity index (χ2v) is 4.75. The van der Waals surface area contributed by atoms with E-state index < -0.39 is 0 Å². The average molecular weight is 219 g/mol. The molecule has 0 saturated carbocycles. The molecule has 2 rings (SSSR count). The highest BCUT2D eigenvalue weighted by atomic mass is 15.4. The van der Waals surface area contributed by atoms with Crippen LogP contribution in [-0.2, 0) is 0 Å². The van der Waals surface area contributed by atoms with E-state index in [0.29, 0.717) is 18.0 Å². The van der Waals surface area contributed by atoms with Gasteiger partial charge >= 0.3 is 0 Å². The number of hydrazine groups is 1. The summed E-state index contributed by atoms with van der Waals surface area (Å²) in [6, 6.07) is 11.6. The van der Waals surface area contributed by atoms with E-state index in [1.165, 1.54) is 5.69 Å². The molecule has 0 spiro atoms. The monoisotopic (exact) mass is 219 g/mol. The van der Waals surface area contributed by atoms with Gasteiger partial charge in [0.15, 0.2) is 0 Å². The van der Waals surface area contributed by atoms with Crippen LogP contribution in [0.15, 0.2) is 30.3 Å². The Morgan fingerprint density at radius 1 is 1.06 bits per heavy atom. The molecular formula is C13H21N3. The first kappa shape index (κ1) is 11.4. The third-order valence-corrected chi connectivity index (χ3v) is 3.50. The van der Waals surface area contributed by atoms with Gasteiger partial charge in [-0.1, -0.05) is 18.2 Å². The standard InChI is InChI=1S/C13H21N3/c1-10-13(11(2)15-14-10)9-16(3)12-7-5-4-6-8-12/h4-8,10-11,13-15H,9H2,1-3H3. The van der Waals surface area contributed by atoms with Crippen LogP contribution in [0.1, 0.15) is 13.8 Å². The van der Waals surface area contributed by atoms with Gasteiger partial charge < -0.3 is 4.90 Å². The van der Waals surface area contributed by atoms with Gasteiger partial charge in [0.2, 0.25) is 0 Å². The van der Waals surface area contributed by atoms with Gasteiger partial charge in [-0.15, -0.1) is 0 Å². The van der Waals surface area contributed by atoms with Gasteiger partial charge in [0.25, 0.3) is 0 Å². The molecule has 16 heavy (non-hydrogen) atoms. The number of benzene rings is 1. The maximum atomic E-state index is 3.30. The molecule has 1 aliphatic rings. The number of nitrogens with zero attached hydrogens (tertiary/aromatic N) is 1. The van der Waals surface area contributed by atoms with Crippen molar-refractivity contribution in [3.63, 3.8) is 0 Å². The van der Waals surface area contributed by atoms with Crippen LogP contribution in [-0.4, -0.2) is 25.7 Å². The Labute approximate surface area is 97.8 Å². The van der Waals surface area contributed by atoms with Gasteiger partial charge in [-0.2, -0.15) is 0 Å². The van der Waals surface area contributed by atoms with Gasteiger partial charge in [-0.05, 0) is 26.0 Å². The molecule has 0 radical (unpaired) electrons. The van der Waals surface area contributed by atoms with E-state index in [1.54, 1.807) is 0 Å². The molecule has 3 heteroatoms. The molecule has 1 heterocycles. The summed E-state index contributed by atoms with van der Waals surface area (Å²) in [5.74, 6) is 0.644. The first-order valence-electron chi connectivity index (χ1n) is 5.95. The van der Waals surface area contributed by atoms with Crippen LogP contribution in [0.2, 0.25) is 0 Å². The van der Waals surface area contributed by atoms with Gasteiger partial charge in [0.1, 0.15) is 0 Å². The molecule has 0 aromatic heterocycles. The maximum absolute atomic E-state index is 3.30. The molecular weight excluding hydrogens is 198 g/mol. The number of hydrogen-bond acceptors (Lipinski definition) is 3. The minimum absolute atomic E-state index is 0.529. The molecule has 2 N–H and O–H groups in total. The van der Waals surface area contributed by atoms with Crippen LogP contribution in [0.25, 0.3) is 0 Å². The summed E-state index contributed by atoms with van der Waals surface area (Å²) in [7, 11) is 2.16. The van der Waals surface area contributed by atoms with E-state index in [1.807, 2.05) is 0 Å². The van der Waals surface area contributed by atoms with Crippen LogP contribution in [0.4, 0.5) is 5.69 Å². The third-order valence-electron chi connectivity index (χ3n) is 3.50. The first-order valence-corrected chi connectivity index (χ1v) is 5.95. The second-order valence-electron chi connectivity index (χ2n) is 4.75. The average Bonchev–Trinajstić information content (AvgIpc) is 2.62. The molecule has 3 nitrogen and oxygen atoms in total. The van der Waals surface area contributed by atoms with Crippen molar-refractivity contribution in [2.24, 2.45) is 5.92 Å². The Bertz CT molecular complexity index is 315. The minimum atomic E-state index is 0.529.